The highest BCUT2D eigenvalue weighted by Gasteiger charge is 2.19. The lowest BCUT2D eigenvalue weighted by Gasteiger charge is -2.09. The lowest BCUT2D eigenvalue weighted by Crippen LogP contribution is -2.01. The van der Waals surface area contributed by atoms with E-state index in [4.69, 9.17) is 0 Å². The second kappa shape index (κ2) is 4.66. The summed E-state index contributed by atoms with van der Waals surface area (Å²) >= 11 is 0. The highest BCUT2D eigenvalue weighted by Crippen LogP contribution is 2.30. The molecule has 0 fully saturated rings. The third-order valence-corrected chi connectivity index (χ3v) is 4.73. The fourth-order valence-corrected chi connectivity index (χ4v) is 3.29. The van der Waals surface area contributed by atoms with Crippen molar-refractivity contribution in [2.75, 3.05) is 6.26 Å². The SMILES string of the molecule is Cc1nc2c(c(-c3ccc(S(C)(=O)=O)cc3)n1)CCC2. The number of benzene rings is 1. The van der Waals surface area contributed by atoms with E-state index in [-0.39, 0.29) is 0 Å². The smallest absolute Gasteiger partial charge is 0.175 e. The zero-order chi connectivity index (χ0) is 14.3. The lowest BCUT2D eigenvalue weighted by atomic mass is 10.1. The summed E-state index contributed by atoms with van der Waals surface area (Å²) in [5, 5.41) is 0. The normalized spacial score (nSPS) is 14.3. The number of hydrogen-bond acceptors (Lipinski definition) is 4. The zero-order valence-electron chi connectivity index (χ0n) is 11.5. The molecule has 1 aliphatic carbocycles. The summed E-state index contributed by atoms with van der Waals surface area (Å²) in [5.74, 6) is 0.771. The first-order chi connectivity index (χ1) is 9.45. The van der Waals surface area contributed by atoms with Crippen molar-refractivity contribution in [3.05, 3.63) is 41.3 Å². The van der Waals surface area contributed by atoms with E-state index in [2.05, 4.69) is 9.97 Å². The highest BCUT2D eigenvalue weighted by atomic mass is 32.2. The predicted octanol–water partition coefficient (Wildman–Crippen LogP) is 2.34. The summed E-state index contributed by atoms with van der Waals surface area (Å²) in [7, 11) is -3.15. The van der Waals surface area contributed by atoms with Crippen LogP contribution in [0, 0.1) is 6.92 Å². The molecule has 0 spiro atoms. The van der Waals surface area contributed by atoms with Gasteiger partial charge in [-0.25, -0.2) is 18.4 Å². The molecule has 0 aliphatic heterocycles. The average Bonchev–Trinajstić information content (AvgIpc) is 2.85. The summed E-state index contributed by atoms with van der Waals surface area (Å²) in [6, 6.07) is 6.94. The van der Waals surface area contributed by atoms with Crippen LogP contribution in [-0.4, -0.2) is 24.6 Å². The molecule has 0 radical (unpaired) electrons. The second-order valence-corrected chi connectivity index (χ2v) is 7.21. The molecule has 1 aromatic carbocycles. The van der Waals surface area contributed by atoms with E-state index in [1.807, 2.05) is 19.1 Å². The molecule has 20 heavy (non-hydrogen) atoms. The summed E-state index contributed by atoms with van der Waals surface area (Å²) in [5.41, 5.74) is 4.26. The molecule has 0 unspecified atom stereocenters. The van der Waals surface area contributed by atoms with Gasteiger partial charge in [0.2, 0.25) is 0 Å². The molecule has 5 heteroatoms. The van der Waals surface area contributed by atoms with Crippen LogP contribution in [0.25, 0.3) is 11.3 Å². The van der Waals surface area contributed by atoms with Gasteiger partial charge in [0.1, 0.15) is 5.82 Å². The third-order valence-electron chi connectivity index (χ3n) is 3.60. The number of aromatic nitrogens is 2. The molecule has 0 atom stereocenters. The third kappa shape index (κ3) is 2.33. The van der Waals surface area contributed by atoms with Crippen molar-refractivity contribution in [2.45, 2.75) is 31.1 Å². The van der Waals surface area contributed by atoms with E-state index in [0.717, 1.165) is 42.0 Å². The molecule has 0 bridgehead atoms. The Hall–Kier alpha value is -1.75. The van der Waals surface area contributed by atoms with Crippen LogP contribution in [0.15, 0.2) is 29.2 Å². The predicted molar refractivity (Wildman–Crippen MR) is 77.3 cm³/mol. The van der Waals surface area contributed by atoms with Gasteiger partial charge in [0.15, 0.2) is 9.84 Å². The Morgan fingerprint density at radius 2 is 1.75 bits per heavy atom. The van der Waals surface area contributed by atoms with Gasteiger partial charge in [-0.15, -0.1) is 0 Å². The van der Waals surface area contributed by atoms with Gasteiger partial charge >= 0.3 is 0 Å². The number of sulfone groups is 1. The monoisotopic (exact) mass is 288 g/mol. The summed E-state index contributed by atoms with van der Waals surface area (Å²) < 4.78 is 23.0. The first kappa shape index (κ1) is 13.2. The quantitative estimate of drug-likeness (QED) is 0.851. The molecular weight excluding hydrogens is 272 g/mol. The van der Waals surface area contributed by atoms with Gasteiger partial charge in [-0.05, 0) is 38.3 Å². The first-order valence-corrected chi connectivity index (χ1v) is 8.51. The molecule has 3 rings (SSSR count). The van der Waals surface area contributed by atoms with Crippen molar-refractivity contribution >= 4 is 9.84 Å². The van der Waals surface area contributed by atoms with E-state index >= 15 is 0 Å². The molecule has 0 amide bonds. The topological polar surface area (TPSA) is 59.9 Å². The molecule has 104 valence electrons. The van der Waals surface area contributed by atoms with E-state index in [1.54, 1.807) is 12.1 Å². The van der Waals surface area contributed by atoms with Crippen molar-refractivity contribution in [3.63, 3.8) is 0 Å². The second-order valence-electron chi connectivity index (χ2n) is 5.19. The Labute approximate surface area is 118 Å². The maximum absolute atomic E-state index is 11.5. The van der Waals surface area contributed by atoms with E-state index in [9.17, 15) is 8.42 Å². The summed E-state index contributed by atoms with van der Waals surface area (Å²) in [6.07, 6.45) is 4.34. The van der Waals surface area contributed by atoms with Gasteiger partial charge in [0.05, 0.1) is 10.6 Å². The van der Waals surface area contributed by atoms with Crippen molar-refractivity contribution in [2.24, 2.45) is 0 Å². The number of rotatable bonds is 2. The van der Waals surface area contributed by atoms with Crippen LogP contribution in [0.1, 0.15) is 23.5 Å². The van der Waals surface area contributed by atoms with Crippen molar-refractivity contribution in [1.29, 1.82) is 0 Å². The summed E-state index contributed by atoms with van der Waals surface area (Å²) in [6.45, 7) is 1.90. The fourth-order valence-electron chi connectivity index (χ4n) is 2.65. The number of aryl methyl sites for hydroxylation is 2. The molecule has 4 nitrogen and oxygen atoms in total. The molecule has 0 saturated heterocycles. The number of hydrogen-bond donors (Lipinski definition) is 0. The molecule has 1 heterocycles. The highest BCUT2D eigenvalue weighted by molar-refractivity contribution is 7.90. The Kier molecular flexibility index (Phi) is 3.09. The Morgan fingerprint density at radius 1 is 1.05 bits per heavy atom. The minimum Gasteiger partial charge on any atom is -0.238 e. The molecule has 0 saturated carbocycles. The van der Waals surface area contributed by atoms with E-state index in [1.165, 1.54) is 11.8 Å². The molecular formula is C15H16N2O2S. The summed E-state index contributed by atoms with van der Waals surface area (Å²) in [4.78, 5) is 9.37. The standard InChI is InChI=1S/C15H16N2O2S/c1-10-16-14-5-3-4-13(14)15(17-10)11-6-8-12(9-7-11)20(2,18)19/h6-9H,3-5H2,1-2H3. The van der Waals surface area contributed by atoms with Crippen LogP contribution in [0.3, 0.4) is 0 Å². The lowest BCUT2D eigenvalue weighted by molar-refractivity contribution is 0.602. The van der Waals surface area contributed by atoms with Crippen LogP contribution in [0.4, 0.5) is 0 Å². The van der Waals surface area contributed by atoms with Gasteiger partial charge in [-0.1, -0.05) is 12.1 Å². The van der Waals surface area contributed by atoms with Gasteiger partial charge in [-0.2, -0.15) is 0 Å². The number of nitrogens with zero attached hydrogens (tertiary/aromatic N) is 2. The fraction of sp³-hybridized carbons (Fsp3) is 0.333. The van der Waals surface area contributed by atoms with E-state index in [0.29, 0.717) is 4.90 Å². The van der Waals surface area contributed by atoms with Gasteiger partial charge in [0, 0.05) is 23.1 Å². The van der Waals surface area contributed by atoms with Crippen LogP contribution in [0.5, 0.6) is 0 Å². The van der Waals surface area contributed by atoms with Crippen molar-refractivity contribution in [1.82, 2.24) is 9.97 Å². The first-order valence-electron chi connectivity index (χ1n) is 6.62. The Balaban J connectivity index is 2.10. The van der Waals surface area contributed by atoms with Crippen LogP contribution >= 0.6 is 0 Å². The van der Waals surface area contributed by atoms with Gasteiger partial charge < -0.3 is 0 Å². The van der Waals surface area contributed by atoms with Crippen LogP contribution < -0.4 is 0 Å². The average molecular weight is 288 g/mol. The molecule has 0 N–H and O–H groups in total. The minimum absolute atomic E-state index is 0.337. The largest absolute Gasteiger partial charge is 0.238 e. The minimum atomic E-state index is -3.15. The van der Waals surface area contributed by atoms with Crippen LogP contribution in [-0.2, 0) is 22.7 Å². The van der Waals surface area contributed by atoms with Crippen molar-refractivity contribution < 1.29 is 8.42 Å². The maximum Gasteiger partial charge on any atom is 0.175 e. The van der Waals surface area contributed by atoms with Crippen molar-refractivity contribution in [3.8, 4) is 11.3 Å². The van der Waals surface area contributed by atoms with Crippen LogP contribution in [0.2, 0.25) is 0 Å². The number of fused-ring (bicyclic) bond motifs is 1. The Morgan fingerprint density at radius 3 is 2.40 bits per heavy atom. The molecule has 1 aromatic heterocycles. The zero-order valence-corrected chi connectivity index (χ0v) is 12.4. The van der Waals surface area contributed by atoms with Gasteiger partial charge in [0.25, 0.3) is 0 Å². The molecule has 1 aliphatic rings. The van der Waals surface area contributed by atoms with Gasteiger partial charge in [-0.3, -0.25) is 0 Å². The Bertz CT molecular complexity index is 765. The maximum atomic E-state index is 11.5. The molecule has 2 aromatic rings. The van der Waals surface area contributed by atoms with E-state index < -0.39 is 9.84 Å².